The highest BCUT2D eigenvalue weighted by Gasteiger charge is 2.08. The molecule has 0 fully saturated rings. The number of hydrogen-bond donors (Lipinski definition) is 1. The SMILES string of the molecule is CCn1cc(C)nc1Nc1ccc(Br)cc1F. The summed E-state index contributed by atoms with van der Waals surface area (Å²) in [5, 5.41) is 3.00. The van der Waals surface area contributed by atoms with Crippen LogP contribution in [0.4, 0.5) is 16.0 Å². The Labute approximate surface area is 108 Å². The third-order valence-electron chi connectivity index (χ3n) is 2.42. The van der Waals surface area contributed by atoms with E-state index in [2.05, 4.69) is 26.2 Å². The quantitative estimate of drug-likeness (QED) is 0.932. The minimum Gasteiger partial charge on any atom is -0.323 e. The van der Waals surface area contributed by atoms with Gasteiger partial charge < -0.3 is 9.88 Å². The van der Waals surface area contributed by atoms with E-state index in [9.17, 15) is 4.39 Å². The molecule has 1 aromatic heterocycles. The van der Waals surface area contributed by atoms with Crippen molar-refractivity contribution in [1.29, 1.82) is 0 Å². The van der Waals surface area contributed by atoms with E-state index >= 15 is 0 Å². The summed E-state index contributed by atoms with van der Waals surface area (Å²) < 4.78 is 16.3. The molecule has 2 aromatic rings. The van der Waals surface area contributed by atoms with Crippen LogP contribution in [0.25, 0.3) is 0 Å². The van der Waals surface area contributed by atoms with Gasteiger partial charge in [-0.1, -0.05) is 15.9 Å². The Morgan fingerprint density at radius 1 is 1.47 bits per heavy atom. The molecule has 0 saturated carbocycles. The van der Waals surface area contributed by atoms with Crippen molar-refractivity contribution < 1.29 is 4.39 Å². The lowest BCUT2D eigenvalue weighted by atomic mass is 10.3. The van der Waals surface area contributed by atoms with Crippen molar-refractivity contribution >= 4 is 27.6 Å². The number of aryl methyl sites for hydroxylation is 2. The van der Waals surface area contributed by atoms with Crippen LogP contribution in [-0.4, -0.2) is 9.55 Å². The first-order chi connectivity index (χ1) is 8.10. The van der Waals surface area contributed by atoms with Gasteiger partial charge in [0.05, 0.1) is 11.4 Å². The Bertz CT molecular complexity index is 537. The molecule has 0 aliphatic heterocycles. The van der Waals surface area contributed by atoms with Crippen molar-refractivity contribution in [3.8, 4) is 0 Å². The van der Waals surface area contributed by atoms with Crippen LogP contribution < -0.4 is 5.32 Å². The molecule has 1 N–H and O–H groups in total. The van der Waals surface area contributed by atoms with E-state index in [1.165, 1.54) is 6.07 Å². The second kappa shape index (κ2) is 4.87. The number of nitrogens with zero attached hydrogens (tertiary/aromatic N) is 2. The number of anilines is 2. The minimum atomic E-state index is -0.303. The second-order valence-corrected chi connectivity index (χ2v) is 4.66. The summed E-state index contributed by atoms with van der Waals surface area (Å²) in [5.74, 6) is 0.355. The Hall–Kier alpha value is -1.36. The Balaban J connectivity index is 2.30. The van der Waals surface area contributed by atoms with Crippen LogP contribution in [0.1, 0.15) is 12.6 Å². The van der Waals surface area contributed by atoms with Crippen LogP contribution in [0.5, 0.6) is 0 Å². The van der Waals surface area contributed by atoms with Gasteiger partial charge in [0.25, 0.3) is 0 Å². The fraction of sp³-hybridized carbons (Fsp3) is 0.250. The first-order valence-electron chi connectivity index (χ1n) is 5.36. The standard InChI is InChI=1S/C12H13BrFN3/c1-3-17-7-8(2)15-12(17)16-11-5-4-9(13)6-10(11)14/h4-7H,3H2,1-2H3,(H,15,16). The third kappa shape index (κ3) is 2.66. The van der Waals surface area contributed by atoms with Crippen LogP contribution in [0.2, 0.25) is 0 Å². The van der Waals surface area contributed by atoms with Gasteiger partial charge in [-0.2, -0.15) is 0 Å². The second-order valence-electron chi connectivity index (χ2n) is 3.74. The number of hydrogen-bond acceptors (Lipinski definition) is 2. The van der Waals surface area contributed by atoms with Crippen molar-refractivity contribution in [2.24, 2.45) is 0 Å². The van der Waals surface area contributed by atoms with E-state index in [1.807, 2.05) is 24.6 Å². The minimum absolute atomic E-state index is 0.303. The normalized spacial score (nSPS) is 10.6. The van der Waals surface area contributed by atoms with E-state index in [-0.39, 0.29) is 5.82 Å². The Morgan fingerprint density at radius 2 is 2.24 bits per heavy atom. The highest BCUT2D eigenvalue weighted by molar-refractivity contribution is 9.10. The van der Waals surface area contributed by atoms with Crippen molar-refractivity contribution in [1.82, 2.24) is 9.55 Å². The molecule has 0 aliphatic carbocycles. The van der Waals surface area contributed by atoms with Gasteiger partial charge in [0.2, 0.25) is 5.95 Å². The molecule has 0 atom stereocenters. The zero-order chi connectivity index (χ0) is 12.4. The fourth-order valence-electron chi connectivity index (χ4n) is 1.60. The summed E-state index contributed by atoms with van der Waals surface area (Å²) in [6.07, 6.45) is 1.93. The highest BCUT2D eigenvalue weighted by Crippen LogP contribution is 2.22. The lowest BCUT2D eigenvalue weighted by Crippen LogP contribution is -2.02. The van der Waals surface area contributed by atoms with Gasteiger partial charge in [-0.05, 0) is 32.0 Å². The summed E-state index contributed by atoms with van der Waals surface area (Å²) in [7, 11) is 0. The van der Waals surface area contributed by atoms with Crippen molar-refractivity contribution in [3.05, 3.63) is 40.4 Å². The zero-order valence-electron chi connectivity index (χ0n) is 9.67. The molecule has 1 aromatic carbocycles. The molecule has 3 nitrogen and oxygen atoms in total. The molecule has 0 aliphatic rings. The van der Waals surface area contributed by atoms with Gasteiger partial charge in [0.15, 0.2) is 0 Å². The largest absolute Gasteiger partial charge is 0.323 e. The van der Waals surface area contributed by atoms with E-state index in [0.29, 0.717) is 11.6 Å². The lowest BCUT2D eigenvalue weighted by molar-refractivity contribution is 0.630. The van der Waals surface area contributed by atoms with E-state index in [4.69, 9.17) is 0 Å². The van der Waals surface area contributed by atoms with Gasteiger partial charge in [-0.15, -0.1) is 0 Å². The maximum absolute atomic E-state index is 13.6. The topological polar surface area (TPSA) is 29.9 Å². The van der Waals surface area contributed by atoms with Crippen molar-refractivity contribution in [2.75, 3.05) is 5.32 Å². The van der Waals surface area contributed by atoms with E-state index in [0.717, 1.165) is 16.7 Å². The number of nitrogens with one attached hydrogen (secondary N) is 1. The predicted molar refractivity (Wildman–Crippen MR) is 70.0 cm³/mol. The molecular weight excluding hydrogens is 285 g/mol. The molecule has 0 radical (unpaired) electrons. The van der Waals surface area contributed by atoms with E-state index in [1.54, 1.807) is 12.1 Å². The van der Waals surface area contributed by atoms with Crippen LogP contribution >= 0.6 is 15.9 Å². The van der Waals surface area contributed by atoms with Gasteiger partial charge in [0, 0.05) is 17.2 Å². The Kier molecular flexibility index (Phi) is 3.47. The molecule has 90 valence electrons. The predicted octanol–water partition coefficient (Wildman–Crippen LogP) is 3.86. The number of rotatable bonds is 3. The molecule has 0 bridgehead atoms. The monoisotopic (exact) mass is 297 g/mol. The molecule has 0 spiro atoms. The summed E-state index contributed by atoms with van der Waals surface area (Å²) in [4.78, 5) is 4.31. The van der Waals surface area contributed by atoms with Crippen molar-refractivity contribution in [3.63, 3.8) is 0 Å². The van der Waals surface area contributed by atoms with Gasteiger partial charge >= 0.3 is 0 Å². The zero-order valence-corrected chi connectivity index (χ0v) is 11.3. The molecule has 1 heterocycles. The first-order valence-corrected chi connectivity index (χ1v) is 6.15. The highest BCUT2D eigenvalue weighted by atomic mass is 79.9. The Morgan fingerprint density at radius 3 is 2.88 bits per heavy atom. The molecular formula is C12H13BrFN3. The van der Waals surface area contributed by atoms with Gasteiger partial charge in [-0.3, -0.25) is 0 Å². The van der Waals surface area contributed by atoms with Gasteiger partial charge in [0.1, 0.15) is 5.82 Å². The molecule has 17 heavy (non-hydrogen) atoms. The molecule has 0 unspecified atom stereocenters. The number of aromatic nitrogens is 2. The smallest absolute Gasteiger partial charge is 0.207 e. The van der Waals surface area contributed by atoms with Crippen molar-refractivity contribution in [2.45, 2.75) is 20.4 Å². The molecule has 5 heteroatoms. The average molecular weight is 298 g/mol. The summed E-state index contributed by atoms with van der Waals surface area (Å²) in [5.41, 5.74) is 1.33. The lowest BCUT2D eigenvalue weighted by Gasteiger charge is -2.08. The number of benzene rings is 1. The molecule has 0 saturated heterocycles. The molecule has 2 rings (SSSR count). The summed E-state index contributed by atoms with van der Waals surface area (Å²) in [6, 6.07) is 4.90. The van der Waals surface area contributed by atoms with Gasteiger partial charge in [-0.25, -0.2) is 9.37 Å². The van der Waals surface area contributed by atoms with Crippen LogP contribution in [0.15, 0.2) is 28.9 Å². The summed E-state index contributed by atoms with van der Waals surface area (Å²) >= 11 is 3.23. The van der Waals surface area contributed by atoms with Crippen LogP contribution in [0.3, 0.4) is 0 Å². The average Bonchev–Trinajstić information content (AvgIpc) is 2.63. The van der Waals surface area contributed by atoms with E-state index < -0.39 is 0 Å². The first kappa shape index (κ1) is 12.1. The summed E-state index contributed by atoms with van der Waals surface area (Å²) in [6.45, 7) is 4.72. The number of imidazole rings is 1. The third-order valence-corrected chi connectivity index (χ3v) is 2.91. The van der Waals surface area contributed by atoms with Crippen LogP contribution in [-0.2, 0) is 6.54 Å². The molecule has 0 amide bonds. The fourth-order valence-corrected chi connectivity index (χ4v) is 1.93. The maximum atomic E-state index is 13.6. The number of halogens is 2. The maximum Gasteiger partial charge on any atom is 0.207 e. The van der Waals surface area contributed by atoms with Crippen LogP contribution in [0, 0.1) is 12.7 Å².